The summed E-state index contributed by atoms with van der Waals surface area (Å²) in [6.45, 7) is 3.72. The number of anilines is 2. The van der Waals surface area contributed by atoms with Crippen LogP contribution >= 0.6 is 12.4 Å². The van der Waals surface area contributed by atoms with Crippen molar-refractivity contribution in [2.45, 2.75) is 38.6 Å². The van der Waals surface area contributed by atoms with E-state index in [2.05, 4.69) is 22.5 Å². The Morgan fingerprint density at radius 2 is 2.26 bits per heavy atom. The number of carbonyl (C=O) groups excluding carboxylic acids is 2. The largest absolute Gasteiger partial charge is 0.314 e. The molecule has 0 aliphatic carbocycles. The van der Waals surface area contributed by atoms with Crippen molar-refractivity contribution in [1.29, 1.82) is 0 Å². The maximum Gasteiger partial charge on any atom is 0.228 e. The van der Waals surface area contributed by atoms with Crippen LogP contribution in [-0.4, -0.2) is 35.9 Å². The van der Waals surface area contributed by atoms with Crippen molar-refractivity contribution in [1.82, 2.24) is 10.3 Å². The van der Waals surface area contributed by atoms with Gasteiger partial charge in [-0.25, -0.2) is 4.98 Å². The molecule has 7 heteroatoms. The van der Waals surface area contributed by atoms with E-state index >= 15 is 0 Å². The van der Waals surface area contributed by atoms with E-state index in [4.69, 9.17) is 0 Å². The van der Waals surface area contributed by atoms with E-state index in [9.17, 15) is 9.59 Å². The monoisotopic (exact) mass is 338 g/mol. The summed E-state index contributed by atoms with van der Waals surface area (Å²) < 4.78 is 0. The number of rotatable bonds is 3. The molecule has 2 fully saturated rings. The number of piperidine rings is 1. The Morgan fingerprint density at radius 3 is 2.87 bits per heavy atom. The van der Waals surface area contributed by atoms with Crippen LogP contribution in [0.5, 0.6) is 0 Å². The van der Waals surface area contributed by atoms with Gasteiger partial charge in [0.1, 0.15) is 5.82 Å². The van der Waals surface area contributed by atoms with E-state index in [1.54, 1.807) is 17.2 Å². The second-order valence-electron chi connectivity index (χ2n) is 6.12. The highest BCUT2D eigenvalue weighted by Gasteiger charge is 2.25. The molecule has 3 heterocycles. The molecule has 0 saturated carbocycles. The summed E-state index contributed by atoms with van der Waals surface area (Å²) in [6, 6.07) is 3.99. The molecule has 2 N–H and O–H groups in total. The molecule has 2 saturated heterocycles. The van der Waals surface area contributed by atoms with E-state index in [1.165, 1.54) is 0 Å². The first kappa shape index (κ1) is 17.7. The molecule has 2 aliphatic rings. The number of hydrogen-bond acceptors (Lipinski definition) is 4. The van der Waals surface area contributed by atoms with Gasteiger partial charge < -0.3 is 15.5 Å². The Balaban J connectivity index is 0.00000192. The number of nitrogens with one attached hydrogen (secondary N) is 2. The lowest BCUT2D eigenvalue weighted by Gasteiger charge is -2.27. The summed E-state index contributed by atoms with van der Waals surface area (Å²) in [5, 5.41) is 6.22. The number of hydrogen-bond donors (Lipinski definition) is 2. The lowest BCUT2D eigenvalue weighted by atomic mass is 9.92. The third-order valence-electron chi connectivity index (χ3n) is 4.38. The van der Waals surface area contributed by atoms with Crippen LogP contribution in [0.25, 0.3) is 0 Å². The average molecular weight is 339 g/mol. The van der Waals surface area contributed by atoms with Gasteiger partial charge in [0.25, 0.3) is 0 Å². The SMILES string of the molecule is C[C@H]1C[C@@H](C(=O)Nc2ccc(N3CCCC3=O)cn2)CCN1.Cl. The molecule has 23 heavy (non-hydrogen) atoms. The van der Waals surface area contributed by atoms with Crippen LogP contribution in [0.1, 0.15) is 32.6 Å². The van der Waals surface area contributed by atoms with Crippen molar-refractivity contribution in [3.63, 3.8) is 0 Å². The Kier molecular flexibility index (Phi) is 5.96. The lowest BCUT2D eigenvalue weighted by Crippen LogP contribution is -2.40. The number of pyridine rings is 1. The Bertz CT molecular complexity index is 564. The Labute approximate surface area is 142 Å². The molecule has 0 spiro atoms. The van der Waals surface area contributed by atoms with Crippen molar-refractivity contribution in [2.75, 3.05) is 23.3 Å². The van der Waals surface area contributed by atoms with Gasteiger partial charge in [0.2, 0.25) is 11.8 Å². The summed E-state index contributed by atoms with van der Waals surface area (Å²) in [5.41, 5.74) is 0.802. The normalized spacial score (nSPS) is 24.2. The van der Waals surface area contributed by atoms with Gasteiger partial charge in [-0.1, -0.05) is 0 Å². The molecule has 1 aromatic heterocycles. The fourth-order valence-corrected chi connectivity index (χ4v) is 3.14. The minimum atomic E-state index is 0. The van der Waals surface area contributed by atoms with Gasteiger partial charge >= 0.3 is 0 Å². The van der Waals surface area contributed by atoms with E-state index < -0.39 is 0 Å². The van der Waals surface area contributed by atoms with Gasteiger partial charge in [0, 0.05) is 24.9 Å². The first-order valence-corrected chi connectivity index (χ1v) is 7.94. The quantitative estimate of drug-likeness (QED) is 0.883. The van der Waals surface area contributed by atoms with Gasteiger partial charge in [-0.2, -0.15) is 0 Å². The van der Waals surface area contributed by atoms with Crippen molar-refractivity contribution in [3.05, 3.63) is 18.3 Å². The molecule has 0 bridgehead atoms. The molecule has 0 unspecified atom stereocenters. The molecule has 2 amide bonds. The first-order valence-electron chi connectivity index (χ1n) is 7.94. The molecule has 0 radical (unpaired) electrons. The molecule has 2 atom stereocenters. The highest BCUT2D eigenvalue weighted by Crippen LogP contribution is 2.22. The lowest BCUT2D eigenvalue weighted by molar-refractivity contribution is -0.121. The van der Waals surface area contributed by atoms with Crippen molar-refractivity contribution < 1.29 is 9.59 Å². The standard InChI is InChI=1S/C16H22N4O2.ClH/c1-11-9-12(6-7-17-11)16(22)19-14-5-4-13(10-18-14)20-8-2-3-15(20)21;/h4-5,10-12,17H,2-3,6-9H2,1H3,(H,18,19,22);1H/t11-,12-;/m0./s1. The van der Waals surface area contributed by atoms with Crippen LogP contribution in [0.2, 0.25) is 0 Å². The maximum atomic E-state index is 12.3. The summed E-state index contributed by atoms with van der Waals surface area (Å²) in [5.74, 6) is 0.762. The van der Waals surface area contributed by atoms with Crippen molar-refractivity contribution >= 4 is 35.7 Å². The smallest absolute Gasteiger partial charge is 0.228 e. The summed E-state index contributed by atoms with van der Waals surface area (Å²) in [4.78, 5) is 30.0. The highest BCUT2D eigenvalue weighted by atomic mass is 35.5. The van der Waals surface area contributed by atoms with Gasteiger partial charge in [-0.05, 0) is 44.9 Å². The zero-order valence-corrected chi connectivity index (χ0v) is 14.1. The van der Waals surface area contributed by atoms with Crippen molar-refractivity contribution in [3.8, 4) is 0 Å². The van der Waals surface area contributed by atoms with Crippen LogP contribution < -0.4 is 15.5 Å². The third kappa shape index (κ3) is 4.20. The van der Waals surface area contributed by atoms with E-state index in [0.717, 1.165) is 38.0 Å². The second-order valence-corrected chi connectivity index (χ2v) is 6.12. The van der Waals surface area contributed by atoms with Crippen LogP contribution in [0.15, 0.2) is 18.3 Å². The Hall–Kier alpha value is -1.66. The first-order chi connectivity index (χ1) is 10.6. The highest BCUT2D eigenvalue weighted by molar-refractivity contribution is 5.95. The molecule has 3 rings (SSSR count). The molecule has 0 aromatic carbocycles. The second kappa shape index (κ2) is 7.75. The zero-order chi connectivity index (χ0) is 15.5. The van der Waals surface area contributed by atoms with Gasteiger partial charge in [0.05, 0.1) is 11.9 Å². The van der Waals surface area contributed by atoms with Crippen LogP contribution in [0, 0.1) is 5.92 Å². The molecule has 6 nitrogen and oxygen atoms in total. The number of nitrogens with zero attached hydrogens (tertiary/aromatic N) is 2. The van der Waals surface area contributed by atoms with E-state index in [0.29, 0.717) is 18.3 Å². The van der Waals surface area contributed by atoms with Gasteiger partial charge in [0.15, 0.2) is 0 Å². The summed E-state index contributed by atoms with van der Waals surface area (Å²) in [7, 11) is 0. The predicted octanol–water partition coefficient (Wildman–Crippen LogP) is 1.96. The van der Waals surface area contributed by atoms with E-state index in [-0.39, 0.29) is 30.1 Å². The number of halogens is 1. The zero-order valence-electron chi connectivity index (χ0n) is 13.2. The Morgan fingerprint density at radius 1 is 1.43 bits per heavy atom. The minimum absolute atomic E-state index is 0. The maximum absolute atomic E-state index is 12.3. The number of aromatic nitrogens is 1. The molecule has 2 aliphatic heterocycles. The molecule has 1 aromatic rings. The average Bonchev–Trinajstić information content (AvgIpc) is 2.94. The number of carbonyl (C=O) groups is 2. The predicted molar refractivity (Wildman–Crippen MR) is 91.9 cm³/mol. The number of amides is 2. The minimum Gasteiger partial charge on any atom is -0.314 e. The van der Waals surface area contributed by atoms with Crippen molar-refractivity contribution in [2.24, 2.45) is 5.92 Å². The molecular formula is C16H23ClN4O2. The fourth-order valence-electron chi connectivity index (χ4n) is 3.14. The third-order valence-corrected chi connectivity index (χ3v) is 4.38. The van der Waals surface area contributed by atoms with E-state index in [1.807, 2.05) is 6.07 Å². The van der Waals surface area contributed by atoms with Crippen LogP contribution in [-0.2, 0) is 9.59 Å². The van der Waals surface area contributed by atoms with Gasteiger partial charge in [-0.15, -0.1) is 12.4 Å². The topological polar surface area (TPSA) is 74.3 Å². The molecule has 126 valence electrons. The van der Waals surface area contributed by atoms with Gasteiger partial charge in [-0.3, -0.25) is 9.59 Å². The fraction of sp³-hybridized carbons (Fsp3) is 0.562. The summed E-state index contributed by atoms with van der Waals surface area (Å²) >= 11 is 0. The van der Waals surface area contributed by atoms with Crippen LogP contribution in [0.3, 0.4) is 0 Å². The summed E-state index contributed by atoms with van der Waals surface area (Å²) in [6.07, 6.45) is 4.87. The van der Waals surface area contributed by atoms with Crippen LogP contribution in [0.4, 0.5) is 11.5 Å². The molecular weight excluding hydrogens is 316 g/mol.